The van der Waals surface area contributed by atoms with E-state index in [1.807, 2.05) is 36.4 Å². The highest BCUT2D eigenvalue weighted by molar-refractivity contribution is 5.91. The molecule has 31 rings (SSSR count). The largest absolute Gasteiger partial charge is 0.504 e. The van der Waals surface area contributed by atoms with Crippen molar-refractivity contribution in [1.82, 2.24) is 24.5 Å². The molecule has 23 heteroatoms. The van der Waals surface area contributed by atoms with E-state index in [1.54, 1.807) is 24.3 Å². The molecule has 26 aliphatic rings. The number of benzene rings is 5. The van der Waals surface area contributed by atoms with Gasteiger partial charge in [0, 0.05) is 126 Å². The van der Waals surface area contributed by atoms with Gasteiger partial charge in [-0.15, -0.1) is 6.58 Å². The summed E-state index contributed by atoms with van der Waals surface area (Å²) in [5.41, 5.74) is 5.40. The molecule has 3 unspecified atom stereocenters. The maximum absolute atomic E-state index is 12.7. The Morgan fingerprint density at radius 3 is 1.20 bits per heavy atom. The molecule has 24 atom stereocenters. The van der Waals surface area contributed by atoms with E-state index in [1.165, 1.54) is 93.0 Å². The van der Waals surface area contributed by atoms with Crippen molar-refractivity contribution in [2.24, 2.45) is 45.8 Å². The fourth-order valence-corrected chi connectivity index (χ4v) is 35.0. The zero-order valence-electron chi connectivity index (χ0n) is 78.3. The van der Waals surface area contributed by atoms with Crippen LogP contribution in [0.4, 0.5) is 0 Å². The maximum atomic E-state index is 12.7. The van der Waals surface area contributed by atoms with Gasteiger partial charge in [-0.2, -0.15) is 0 Å². The molecule has 12 bridgehead atoms. The number of ether oxygens (including phenoxy) is 5. The van der Waals surface area contributed by atoms with Crippen molar-refractivity contribution in [1.29, 1.82) is 0 Å². The summed E-state index contributed by atoms with van der Waals surface area (Å²) in [6.07, 6.45) is 27.6. The van der Waals surface area contributed by atoms with Gasteiger partial charge >= 0.3 is 0 Å². The molecule has 710 valence electrons. The number of phenolic OH excluding ortho intramolecular Hbond substituents is 5. The summed E-state index contributed by atoms with van der Waals surface area (Å²) in [6.45, 7) is 29.2. The van der Waals surface area contributed by atoms with Gasteiger partial charge in [0.1, 0.15) is 18.3 Å². The zero-order valence-corrected chi connectivity index (χ0v) is 78.3. The van der Waals surface area contributed by atoms with Gasteiger partial charge in [-0.1, -0.05) is 77.1 Å². The number of aromatic hydroxyl groups is 5. The van der Waals surface area contributed by atoms with Gasteiger partial charge in [-0.25, -0.2) is 0 Å². The number of fused-ring (bicyclic) bond motifs is 2. The number of ketones is 2. The second kappa shape index (κ2) is 28.4. The molecular formula is C110H137N5O18. The minimum atomic E-state index is -1.00. The van der Waals surface area contributed by atoms with Crippen molar-refractivity contribution >= 4 is 11.6 Å². The number of phenols is 5. The van der Waals surface area contributed by atoms with Crippen LogP contribution < -0.4 is 23.7 Å². The molecule has 16 aliphatic carbocycles. The second-order valence-corrected chi connectivity index (χ2v) is 48.6. The van der Waals surface area contributed by atoms with Crippen LogP contribution in [0.1, 0.15) is 251 Å². The highest BCUT2D eigenvalue weighted by Gasteiger charge is 2.83. The van der Waals surface area contributed by atoms with Crippen molar-refractivity contribution in [3.05, 3.63) is 141 Å². The predicted octanol–water partition coefficient (Wildman–Crippen LogP) is 12.1. The smallest absolute Gasteiger partial charge is 0.174 e. The van der Waals surface area contributed by atoms with Gasteiger partial charge in [0.05, 0.1) is 55.8 Å². The zero-order chi connectivity index (χ0) is 91.5. The summed E-state index contributed by atoms with van der Waals surface area (Å²) in [7, 11) is 0. The third-order valence-electron chi connectivity index (χ3n) is 42.2. The fraction of sp³-hybridized carbons (Fsp3) is 0.673. The topological polar surface area (TPSA) is 319 Å². The highest BCUT2D eigenvalue weighted by atomic mass is 16.5. The van der Waals surface area contributed by atoms with Crippen LogP contribution in [0.15, 0.2) is 85.5 Å². The number of rotatable bonds is 11. The highest BCUT2D eigenvalue weighted by Crippen LogP contribution is 2.81. The first-order chi connectivity index (χ1) is 63.6. The van der Waals surface area contributed by atoms with Gasteiger partial charge in [-0.05, 0) is 305 Å². The average Bonchev–Trinajstić information content (AvgIpc) is 1.56. The molecule has 5 aromatic rings. The number of piperidine rings is 5. The Kier molecular flexibility index (Phi) is 18.3. The molecule has 16 fully saturated rings. The molecular weight excluding hydrogens is 1680 g/mol. The van der Waals surface area contributed by atoms with Crippen LogP contribution in [0.25, 0.3) is 0 Å². The lowest BCUT2D eigenvalue weighted by molar-refractivity contribution is -0.276. The Labute approximate surface area is 780 Å². The van der Waals surface area contributed by atoms with E-state index in [0.29, 0.717) is 86.2 Å². The number of carbonyl (C=O) groups is 2. The molecule has 11 N–H and O–H groups in total. The summed E-state index contributed by atoms with van der Waals surface area (Å²) >= 11 is 0. The lowest BCUT2D eigenvalue weighted by Crippen LogP contribution is -2.80. The number of aliphatic hydroxyl groups is 6. The van der Waals surface area contributed by atoms with E-state index in [2.05, 4.69) is 78.3 Å². The van der Waals surface area contributed by atoms with Crippen LogP contribution in [0.2, 0.25) is 0 Å². The van der Waals surface area contributed by atoms with E-state index in [9.17, 15) is 65.8 Å². The fourth-order valence-electron chi connectivity index (χ4n) is 35.0. The van der Waals surface area contributed by atoms with Crippen molar-refractivity contribution in [3.63, 3.8) is 0 Å². The van der Waals surface area contributed by atoms with E-state index in [-0.39, 0.29) is 98.5 Å². The van der Waals surface area contributed by atoms with Gasteiger partial charge < -0.3 is 79.9 Å². The molecule has 0 radical (unpaired) electrons. The number of aliphatic hydroxyl groups excluding tert-OH is 1. The third kappa shape index (κ3) is 10.8. The minimum absolute atomic E-state index is 0.0170. The third-order valence-corrected chi connectivity index (χ3v) is 42.2. The molecule has 23 nitrogen and oxygen atoms in total. The Hall–Kier alpha value is -7.52. The molecule has 6 spiro atoms. The van der Waals surface area contributed by atoms with Crippen LogP contribution in [0.3, 0.4) is 0 Å². The van der Waals surface area contributed by atoms with E-state index in [4.69, 9.17) is 23.7 Å². The SMILES string of the molecule is C=C1CC[C@@]2(O)C3Cc4ccc(O)c5c4[C@@]2(CCN3CC2CC2)[C@H]1O5.C=CCN1CC[C@]23c4c5ccc(O)c4O[C@H]2C(=O)CC[C@@]3(O)[C@H]1C5.CC(C)(C)[C@@](C)(O)[C@H]1C[C@@]23CC[C@]1(C)[C@@H]1Oc4c(O)ccc5c4[C@@]12CCN(CC1CC1)[C@@H]3C5.O=C1CC[C@@]2(O)[C@H]3Cc4ccc(O)c5c4[C@@]2(CCN3CC2CC2)[C@H]1O5.Oc1ccc2c3c1OC1[C@@H](O)CC[C@@]4(O)C(C2)N(CC2CCC2)CC[C@]314. The number of carbonyl (C=O) groups excluding carboxylic acids is 2. The molecule has 0 aromatic heterocycles. The quantitative estimate of drug-likeness (QED) is 0.0547. The first kappa shape index (κ1) is 85.9. The van der Waals surface area contributed by atoms with E-state index >= 15 is 0 Å². The van der Waals surface area contributed by atoms with Gasteiger partial charge in [0.15, 0.2) is 81.3 Å². The lowest BCUT2D eigenvalue weighted by atomic mass is 9.31. The summed E-state index contributed by atoms with van der Waals surface area (Å²) in [5.74, 6) is 7.13. The van der Waals surface area contributed by atoms with Gasteiger partial charge in [0.25, 0.3) is 0 Å². The van der Waals surface area contributed by atoms with Crippen LogP contribution in [0, 0.1) is 45.8 Å². The summed E-state index contributed by atoms with van der Waals surface area (Å²) in [5, 5.41) is 123. The van der Waals surface area contributed by atoms with Crippen molar-refractivity contribution in [3.8, 4) is 57.5 Å². The molecule has 5 saturated heterocycles. The van der Waals surface area contributed by atoms with Crippen LogP contribution >= 0.6 is 0 Å². The number of nitrogens with zero attached hydrogens (tertiary/aromatic N) is 5. The number of hydrogen-bond acceptors (Lipinski definition) is 23. The van der Waals surface area contributed by atoms with E-state index < -0.39 is 74.1 Å². The second-order valence-electron chi connectivity index (χ2n) is 48.6. The monoisotopic (exact) mass is 1820 g/mol. The molecule has 5 aromatic carbocycles. The Morgan fingerprint density at radius 1 is 0.414 bits per heavy atom. The summed E-state index contributed by atoms with van der Waals surface area (Å²) in [6, 6.07) is 19.5. The van der Waals surface area contributed by atoms with Crippen LogP contribution in [-0.4, -0.2) is 253 Å². The molecule has 11 saturated carbocycles. The Balaban J connectivity index is 0.0000000873. The Bertz CT molecular complexity index is 5660. The van der Waals surface area contributed by atoms with Crippen molar-refractivity contribution in [2.45, 2.75) is 349 Å². The number of Topliss-reactive ketones (excluding diaryl/α,β-unsaturated/α-hetero) is 2. The predicted molar refractivity (Wildman–Crippen MR) is 495 cm³/mol. The van der Waals surface area contributed by atoms with Gasteiger partial charge in [0.2, 0.25) is 0 Å². The molecule has 133 heavy (non-hydrogen) atoms. The lowest BCUT2D eigenvalue weighted by Gasteiger charge is -2.75. The average molecular weight is 1820 g/mol. The van der Waals surface area contributed by atoms with Crippen LogP contribution in [0.5, 0.6) is 57.5 Å². The normalized spacial score (nSPS) is 42.3. The van der Waals surface area contributed by atoms with Crippen molar-refractivity contribution < 1.29 is 89.4 Å². The van der Waals surface area contributed by atoms with Gasteiger partial charge in [-0.3, -0.25) is 34.1 Å². The molecule has 10 aliphatic heterocycles. The molecule has 0 amide bonds. The summed E-state index contributed by atoms with van der Waals surface area (Å²) in [4.78, 5) is 38.0. The van der Waals surface area contributed by atoms with E-state index in [0.717, 1.165) is 204 Å². The number of hydrogen-bond donors (Lipinski definition) is 11. The number of likely N-dealkylation sites (tertiary alicyclic amines) is 5. The first-order valence-electron chi connectivity index (χ1n) is 51.6. The first-order valence-corrected chi connectivity index (χ1v) is 51.6. The van der Waals surface area contributed by atoms with Crippen LogP contribution in [-0.2, 0) is 68.8 Å². The Morgan fingerprint density at radius 2 is 0.767 bits per heavy atom. The van der Waals surface area contributed by atoms with Crippen molar-refractivity contribution in [2.75, 3.05) is 65.4 Å². The maximum Gasteiger partial charge on any atom is 0.174 e. The minimum Gasteiger partial charge on any atom is -0.504 e. The summed E-state index contributed by atoms with van der Waals surface area (Å²) < 4.78 is 31.4. The molecule has 10 heterocycles. The standard InChI is InChI=1S/C29H41NO3.C21H27NO4.C21H25NO3.C20H23NO4.C19H21NO4/c1-25(2,3)27(5,32)20-15-28-11-10-26(20,4)24-29(28)12-13-30(16-17-6-7-17)21(28)14-18-8-9-19(31)23(33-24)22(18)29;23-14-5-4-13-10-16-21(25)7-6-15(24)19-20(21,17(13)18(14)26-19)8-9-22(16)11-12-2-1-3-12;1-12-6-7-21(24)16-10-14-4-5-15(23)18-17(14)20(21,19(12)25-18)8-9-22(16)11-13-2-3-13;22-13-4-3-12-9-15-20(24)6-5-14(23)18-19(20,16(12)17(13)25-18)7-8-21(15)10-11-1-2-11;1-2-8-20-9-7-18-15-11-3-4-12(21)16(15)24-17(18)13(22)5-6-19(18,23)14(20)10-11/h8-9,17,20-21,24,31-32H,6-7,10-16H2,1-5H3;4-5,12,15-16,19,23-25H,1-3,6-11H2;4-5,13,16,19,23-24H,1-3,6-11H2;3-4,11,15,18,22,24H,1-2,5-10H2;2-4,14,17,21,23H,1,5-10H2/t20-,21+,24-,26-,27-,28+,29-;15-,16?,19?,20-,21+;16?,19-,20-,21+;15-,18+,19+,20-;14-,17+,18+,19-/m00011/s1.